The lowest BCUT2D eigenvalue weighted by molar-refractivity contribution is -0.143. The summed E-state index contributed by atoms with van der Waals surface area (Å²) in [7, 11) is 0. The SMILES string of the molecule is NCCCCC(NC(=O)CNC(=O)C(N)Cc1c[nH]c2ccccc12)C(=O)NC(CC(N)=O)C(=O)O. The molecule has 196 valence electrons. The van der Waals surface area contributed by atoms with Crippen molar-refractivity contribution < 1.29 is 29.1 Å². The van der Waals surface area contributed by atoms with Gasteiger partial charge < -0.3 is 43.2 Å². The van der Waals surface area contributed by atoms with Crippen LogP contribution in [0.4, 0.5) is 0 Å². The number of nitrogens with two attached hydrogens (primary N) is 3. The van der Waals surface area contributed by atoms with Gasteiger partial charge in [-0.2, -0.15) is 0 Å². The van der Waals surface area contributed by atoms with Gasteiger partial charge in [0.05, 0.1) is 19.0 Å². The van der Waals surface area contributed by atoms with Crippen LogP contribution in [0.5, 0.6) is 0 Å². The Morgan fingerprint density at radius 1 is 1.00 bits per heavy atom. The number of nitrogens with one attached hydrogen (secondary N) is 4. The van der Waals surface area contributed by atoms with Gasteiger partial charge in [-0.05, 0) is 43.9 Å². The largest absolute Gasteiger partial charge is 0.480 e. The molecular formula is C23H33N7O6. The van der Waals surface area contributed by atoms with Crippen molar-refractivity contribution in [1.29, 1.82) is 0 Å². The molecular weight excluding hydrogens is 470 g/mol. The van der Waals surface area contributed by atoms with Gasteiger partial charge in [-0.1, -0.05) is 18.2 Å². The van der Waals surface area contributed by atoms with Crippen LogP contribution in [0.1, 0.15) is 31.2 Å². The zero-order valence-corrected chi connectivity index (χ0v) is 19.8. The van der Waals surface area contributed by atoms with E-state index in [1.807, 2.05) is 24.3 Å². The molecule has 0 bridgehead atoms. The second-order valence-corrected chi connectivity index (χ2v) is 8.36. The Balaban J connectivity index is 1.92. The molecule has 0 fully saturated rings. The van der Waals surface area contributed by atoms with Gasteiger partial charge in [-0.25, -0.2) is 4.79 Å². The quantitative estimate of drug-likeness (QED) is 0.129. The highest BCUT2D eigenvalue weighted by Crippen LogP contribution is 2.18. The lowest BCUT2D eigenvalue weighted by Gasteiger charge is -2.21. The fraction of sp³-hybridized carbons (Fsp3) is 0.435. The van der Waals surface area contributed by atoms with Crippen LogP contribution in [0.3, 0.4) is 0 Å². The maximum atomic E-state index is 12.6. The summed E-state index contributed by atoms with van der Waals surface area (Å²) < 4.78 is 0. The number of para-hydroxylation sites is 1. The number of carboxylic acids is 1. The van der Waals surface area contributed by atoms with E-state index in [4.69, 9.17) is 17.2 Å². The molecule has 1 heterocycles. The summed E-state index contributed by atoms with van der Waals surface area (Å²) in [6, 6.07) is 4.03. The van der Waals surface area contributed by atoms with Crippen LogP contribution in [-0.2, 0) is 30.4 Å². The van der Waals surface area contributed by atoms with Gasteiger partial charge in [0.25, 0.3) is 0 Å². The molecule has 2 rings (SSSR count). The lowest BCUT2D eigenvalue weighted by Crippen LogP contribution is -2.54. The van der Waals surface area contributed by atoms with E-state index in [1.54, 1.807) is 6.20 Å². The number of fused-ring (bicyclic) bond motifs is 1. The molecule has 13 nitrogen and oxygen atoms in total. The first kappa shape index (κ1) is 28.3. The number of unbranched alkanes of at least 4 members (excludes halogenated alkanes) is 1. The van der Waals surface area contributed by atoms with Crippen molar-refractivity contribution in [2.75, 3.05) is 13.1 Å². The molecule has 0 spiro atoms. The van der Waals surface area contributed by atoms with Crippen LogP contribution in [-0.4, -0.2) is 70.9 Å². The predicted molar refractivity (Wildman–Crippen MR) is 131 cm³/mol. The van der Waals surface area contributed by atoms with Crippen molar-refractivity contribution in [1.82, 2.24) is 20.9 Å². The highest BCUT2D eigenvalue weighted by molar-refractivity contribution is 5.94. The van der Waals surface area contributed by atoms with Gasteiger partial charge in [-0.15, -0.1) is 0 Å². The number of benzene rings is 1. The van der Waals surface area contributed by atoms with Gasteiger partial charge in [0.2, 0.25) is 23.6 Å². The Hall–Kier alpha value is -3.97. The molecule has 11 N–H and O–H groups in total. The number of carbonyl (C=O) groups excluding carboxylic acids is 4. The summed E-state index contributed by atoms with van der Waals surface area (Å²) >= 11 is 0. The number of carboxylic acid groups (broad SMARTS) is 1. The third-order valence-electron chi connectivity index (χ3n) is 5.49. The molecule has 13 heteroatoms. The lowest BCUT2D eigenvalue weighted by atomic mass is 10.1. The van der Waals surface area contributed by atoms with E-state index in [0.717, 1.165) is 16.5 Å². The predicted octanol–water partition coefficient (Wildman–Crippen LogP) is -1.79. The smallest absolute Gasteiger partial charge is 0.326 e. The Labute approximate surface area is 207 Å². The Morgan fingerprint density at radius 2 is 1.72 bits per heavy atom. The molecule has 2 aromatic rings. The number of rotatable bonds is 15. The maximum absolute atomic E-state index is 12.6. The van der Waals surface area contributed by atoms with Crippen molar-refractivity contribution in [2.45, 2.75) is 50.2 Å². The number of amides is 4. The molecule has 0 saturated heterocycles. The van der Waals surface area contributed by atoms with Crippen molar-refractivity contribution in [3.05, 3.63) is 36.0 Å². The van der Waals surface area contributed by atoms with E-state index in [9.17, 15) is 29.1 Å². The van der Waals surface area contributed by atoms with Crippen molar-refractivity contribution in [2.24, 2.45) is 17.2 Å². The molecule has 0 aliphatic rings. The first-order valence-corrected chi connectivity index (χ1v) is 11.5. The molecule has 3 atom stereocenters. The minimum absolute atomic E-state index is 0.172. The van der Waals surface area contributed by atoms with E-state index < -0.39 is 60.7 Å². The number of aliphatic carboxylic acids is 1. The maximum Gasteiger partial charge on any atom is 0.326 e. The third-order valence-corrected chi connectivity index (χ3v) is 5.49. The highest BCUT2D eigenvalue weighted by Gasteiger charge is 2.27. The molecule has 0 radical (unpaired) electrons. The number of H-pyrrole nitrogens is 1. The summed E-state index contributed by atoms with van der Waals surface area (Å²) in [6.07, 6.45) is 2.64. The molecule has 1 aromatic heterocycles. The van der Waals surface area contributed by atoms with Crippen LogP contribution in [0.25, 0.3) is 10.9 Å². The standard InChI is InChI=1S/C23H33N7O6/c24-8-4-3-7-17(22(34)30-18(23(35)36)10-19(26)31)29-20(32)12-28-21(33)15(25)9-13-11-27-16-6-2-1-5-14(13)16/h1-2,5-6,11,15,17-18,27H,3-4,7-10,12,24-25H2,(H2,26,31)(H,28,33)(H,29,32)(H,30,34)(H,35,36). The van der Waals surface area contributed by atoms with Gasteiger partial charge >= 0.3 is 5.97 Å². The fourth-order valence-corrected chi connectivity index (χ4v) is 3.61. The van der Waals surface area contributed by atoms with E-state index in [1.165, 1.54) is 0 Å². The van der Waals surface area contributed by atoms with Crippen LogP contribution < -0.4 is 33.2 Å². The van der Waals surface area contributed by atoms with Crippen molar-refractivity contribution in [3.63, 3.8) is 0 Å². The fourth-order valence-electron chi connectivity index (χ4n) is 3.61. The molecule has 1 aromatic carbocycles. The second kappa shape index (κ2) is 13.8. The Kier molecular flexibility index (Phi) is 10.8. The Morgan fingerprint density at radius 3 is 2.39 bits per heavy atom. The summed E-state index contributed by atoms with van der Waals surface area (Å²) in [5, 5.41) is 17.3. The van der Waals surface area contributed by atoms with Gasteiger partial charge in [0, 0.05) is 17.1 Å². The normalized spacial score (nSPS) is 13.4. The highest BCUT2D eigenvalue weighted by atomic mass is 16.4. The van der Waals surface area contributed by atoms with Gasteiger partial charge in [-0.3, -0.25) is 19.2 Å². The minimum Gasteiger partial charge on any atom is -0.480 e. The molecule has 0 aliphatic heterocycles. The van der Waals surface area contributed by atoms with E-state index in [-0.39, 0.29) is 12.8 Å². The number of carbonyl (C=O) groups is 5. The average Bonchev–Trinajstić information content (AvgIpc) is 3.23. The summed E-state index contributed by atoms with van der Waals surface area (Å²) in [4.78, 5) is 63.0. The molecule has 4 amide bonds. The number of primary amides is 1. The van der Waals surface area contributed by atoms with Gasteiger partial charge in [0.15, 0.2) is 0 Å². The van der Waals surface area contributed by atoms with E-state index in [2.05, 4.69) is 20.9 Å². The van der Waals surface area contributed by atoms with Crippen LogP contribution in [0.15, 0.2) is 30.5 Å². The first-order chi connectivity index (χ1) is 17.1. The molecule has 0 saturated carbocycles. The van der Waals surface area contributed by atoms with Crippen LogP contribution in [0, 0.1) is 0 Å². The number of aromatic nitrogens is 1. The van der Waals surface area contributed by atoms with Crippen molar-refractivity contribution >= 4 is 40.5 Å². The molecule has 0 aliphatic carbocycles. The number of hydrogen-bond acceptors (Lipinski definition) is 7. The average molecular weight is 504 g/mol. The van der Waals surface area contributed by atoms with E-state index >= 15 is 0 Å². The second-order valence-electron chi connectivity index (χ2n) is 8.36. The van der Waals surface area contributed by atoms with Crippen molar-refractivity contribution in [3.8, 4) is 0 Å². The number of aromatic amines is 1. The van der Waals surface area contributed by atoms with Crippen LogP contribution >= 0.6 is 0 Å². The number of hydrogen-bond donors (Lipinski definition) is 8. The van der Waals surface area contributed by atoms with Gasteiger partial charge in [0.1, 0.15) is 12.1 Å². The summed E-state index contributed by atoms with van der Waals surface area (Å²) in [5.74, 6) is -4.36. The summed E-state index contributed by atoms with van der Waals surface area (Å²) in [6.45, 7) is -0.0726. The summed E-state index contributed by atoms with van der Waals surface area (Å²) in [5.41, 5.74) is 18.3. The minimum atomic E-state index is -1.54. The van der Waals surface area contributed by atoms with Crippen LogP contribution in [0.2, 0.25) is 0 Å². The zero-order valence-electron chi connectivity index (χ0n) is 19.8. The molecule has 3 unspecified atom stereocenters. The van der Waals surface area contributed by atoms with E-state index in [0.29, 0.717) is 19.4 Å². The Bertz CT molecular complexity index is 1090. The topological polar surface area (TPSA) is 236 Å². The first-order valence-electron chi connectivity index (χ1n) is 11.5. The monoisotopic (exact) mass is 503 g/mol. The third kappa shape index (κ3) is 8.67. The zero-order chi connectivity index (χ0) is 26.7. The molecule has 36 heavy (non-hydrogen) atoms.